The Labute approximate surface area is 115 Å². The van der Waals surface area contributed by atoms with Gasteiger partial charge >= 0.3 is 0 Å². The van der Waals surface area contributed by atoms with Crippen LogP contribution in [0.15, 0.2) is 0 Å². The standard InChI is InChI=1S/C16H34N2/c1-5-17-12-10-15(4)18(13-11-14(2)3)16-8-6-7-9-16/h14-17H,5-13H2,1-4H3. The number of rotatable bonds is 9. The Hall–Kier alpha value is -0.0800. The van der Waals surface area contributed by atoms with E-state index in [1.165, 1.54) is 51.6 Å². The lowest BCUT2D eigenvalue weighted by Gasteiger charge is -2.35. The van der Waals surface area contributed by atoms with Gasteiger partial charge in [-0.1, -0.05) is 33.6 Å². The van der Waals surface area contributed by atoms with Gasteiger partial charge < -0.3 is 5.32 Å². The van der Waals surface area contributed by atoms with Crippen LogP contribution in [0.3, 0.4) is 0 Å². The number of hydrogen-bond acceptors (Lipinski definition) is 2. The first-order valence-electron chi connectivity index (χ1n) is 8.11. The van der Waals surface area contributed by atoms with E-state index < -0.39 is 0 Å². The molecular formula is C16H34N2. The van der Waals surface area contributed by atoms with Crippen LogP contribution in [0, 0.1) is 5.92 Å². The molecule has 0 aromatic rings. The predicted octanol–water partition coefficient (Wildman–Crippen LogP) is 3.67. The van der Waals surface area contributed by atoms with E-state index in [2.05, 4.69) is 37.9 Å². The lowest BCUT2D eigenvalue weighted by Crippen LogP contribution is -2.42. The average Bonchev–Trinajstić information content (AvgIpc) is 2.83. The summed E-state index contributed by atoms with van der Waals surface area (Å²) in [6.07, 6.45) is 8.41. The molecule has 1 unspecified atom stereocenters. The summed E-state index contributed by atoms with van der Waals surface area (Å²) in [7, 11) is 0. The summed E-state index contributed by atoms with van der Waals surface area (Å²) < 4.78 is 0. The van der Waals surface area contributed by atoms with E-state index in [0.29, 0.717) is 0 Å². The fraction of sp³-hybridized carbons (Fsp3) is 1.00. The van der Waals surface area contributed by atoms with Crippen LogP contribution in [0.25, 0.3) is 0 Å². The summed E-state index contributed by atoms with van der Waals surface area (Å²) in [6.45, 7) is 12.9. The van der Waals surface area contributed by atoms with Gasteiger partial charge in [-0.25, -0.2) is 0 Å². The highest BCUT2D eigenvalue weighted by Gasteiger charge is 2.25. The molecule has 1 fully saturated rings. The Morgan fingerprint density at radius 2 is 1.78 bits per heavy atom. The van der Waals surface area contributed by atoms with Gasteiger partial charge in [-0.15, -0.1) is 0 Å². The van der Waals surface area contributed by atoms with Gasteiger partial charge in [0.2, 0.25) is 0 Å². The summed E-state index contributed by atoms with van der Waals surface area (Å²) >= 11 is 0. The van der Waals surface area contributed by atoms with E-state index in [-0.39, 0.29) is 0 Å². The third-order valence-electron chi connectivity index (χ3n) is 4.31. The van der Waals surface area contributed by atoms with Crippen LogP contribution in [0.4, 0.5) is 0 Å². The molecule has 1 rings (SSSR count). The molecule has 2 heteroatoms. The Balaban J connectivity index is 2.41. The van der Waals surface area contributed by atoms with Crippen molar-refractivity contribution < 1.29 is 0 Å². The topological polar surface area (TPSA) is 15.3 Å². The second-order valence-electron chi connectivity index (χ2n) is 6.35. The first-order chi connectivity index (χ1) is 8.65. The van der Waals surface area contributed by atoms with Crippen LogP contribution in [0.2, 0.25) is 0 Å². The van der Waals surface area contributed by atoms with E-state index >= 15 is 0 Å². The van der Waals surface area contributed by atoms with Crippen molar-refractivity contribution in [2.45, 2.75) is 78.3 Å². The molecule has 0 heterocycles. The van der Waals surface area contributed by atoms with E-state index in [1.54, 1.807) is 0 Å². The van der Waals surface area contributed by atoms with E-state index in [9.17, 15) is 0 Å². The third kappa shape index (κ3) is 5.71. The highest BCUT2D eigenvalue weighted by Crippen LogP contribution is 2.26. The highest BCUT2D eigenvalue weighted by molar-refractivity contribution is 4.81. The van der Waals surface area contributed by atoms with Crippen LogP contribution >= 0.6 is 0 Å². The smallest absolute Gasteiger partial charge is 0.00980 e. The largest absolute Gasteiger partial charge is 0.317 e. The summed E-state index contributed by atoms with van der Waals surface area (Å²) in [6, 6.07) is 1.62. The van der Waals surface area contributed by atoms with Crippen molar-refractivity contribution in [3.05, 3.63) is 0 Å². The van der Waals surface area contributed by atoms with Gasteiger partial charge in [0.15, 0.2) is 0 Å². The molecule has 1 atom stereocenters. The fourth-order valence-electron chi connectivity index (χ4n) is 3.06. The summed E-state index contributed by atoms with van der Waals surface area (Å²) in [5.74, 6) is 0.829. The number of hydrogen-bond donors (Lipinski definition) is 1. The van der Waals surface area contributed by atoms with Crippen LogP contribution in [-0.4, -0.2) is 36.6 Å². The number of nitrogens with zero attached hydrogens (tertiary/aromatic N) is 1. The molecule has 0 aromatic carbocycles. The zero-order valence-corrected chi connectivity index (χ0v) is 13.0. The minimum atomic E-state index is 0.742. The van der Waals surface area contributed by atoms with Gasteiger partial charge in [-0.05, 0) is 58.2 Å². The van der Waals surface area contributed by atoms with Crippen LogP contribution in [-0.2, 0) is 0 Å². The minimum absolute atomic E-state index is 0.742. The van der Waals surface area contributed by atoms with Crippen molar-refractivity contribution in [1.82, 2.24) is 10.2 Å². The second-order valence-corrected chi connectivity index (χ2v) is 6.35. The molecule has 0 spiro atoms. The molecule has 1 aliphatic rings. The van der Waals surface area contributed by atoms with Crippen molar-refractivity contribution in [1.29, 1.82) is 0 Å². The van der Waals surface area contributed by atoms with Crippen LogP contribution in [0.1, 0.15) is 66.2 Å². The van der Waals surface area contributed by atoms with Crippen LogP contribution in [0.5, 0.6) is 0 Å². The minimum Gasteiger partial charge on any atom is -0.317 e. The van der Waals surface area contributed by atoms with E-state index in [1.807, 2.05) is 0 Å². The van der Waals surface area contributed by atoms with Gasteiger partial charge in [-0.2, -0.15) is 0 Å². The van der Waals surface area contributed by atoms with Gasteiger partial charge in [0.25, 0.3) is 0 Å². The molecule has 0 aromatic heterocycles. The third-order valence-corrected chi connectivity index (χ3v) is 4.31. The fourth-order valence-corrected chi connectivity index (χ4v) is 3.06. The zero-order valence-electron chi connectivity index (χ0n) is 13.0. The van der Waals surface area contributed by atoms with Gasteiger partial charge in [0, 0.05) is 12.1 Å². The Bertz CT molecular complexity index is 197. The molecule has 1 N–H and O–H groups in total. The van der Waals surface area contributed by atoms with Crippen molar-refractivity contribution in [2.75, 3.05) is 19.6 Å². The lowest BCUT2D eigenvalue weighted by atomic mass is 10.1. The summed E-state index contributed by atoms with van der Waals surface area (Å²) in [5.41, 5.74) is 0. The molecule has 0 saturated heterocycles. The maximum Gasteiger partial charge on any atom is 0.00980 e. The van der Waals surface area contributed by atoms with Crippen molar-refractivity contribution in [3.8, 4) is 0 Å². The first kappa shape index (κ1) is 16.0. The normalized spacial score (nSPS) is 19.0. The van der Waals surface area contributed by atoms with Crippen molar-refractivity contribution in [3.63, 3.8) is 0 Å². The van der Waals surface area contributed by atoms with E-state index in [4.69, 9.17) is 0 Å². The SMILES string of the molecule is CCNCCC(C)N(CCC(C)C)C1CCCC1. The molecule has 0 amide bonds. The van der Waals surface area contributed by atoms with E-state index in [0.717, 1.165) is 24.5 Å². The Kier molecular flexibility index (Phi) is 7.92. The monoisotopic (exact) mass is 254 g/mol. The molecule has 1 saturated carbocycles. The molecule has 0 bridgehead atoms. The molecule has 18 heavy (non-hydrogen) atoms. The number of nitrogens with one attached hydrogen (secondary N) is 1. The molecular weight excluding hydrogens is 220 g/mol. The zero-order chi connectivity index (χ0) is 13.4. The average molecular weight is 254 g/mol. The lowest BCUT2D eigenvalue weighted by molar-refractivity contribution is 0.131. The van der Waals surface area contributed by atoms with Gasteiger partial charge in [0.05, 0.1) is 0 Å². The van der Waals surface area contributed by atoms with Gasteiger partial charge in [0.1, 0.15) is 0 Å². The second kappa shape index (κ2) is 8.92. The van der Waals surface area contributed by atoms with Crippen molar-refractivity contribution in [2.24, 2.45) is 5.92 Å². The molecule has 0 aliphatic heterocycles. The Morgan fingerprint density at radius 1 is 1.11 bits per heavy atom. The first-order valence-corrected chi connectivity index (χ1v) is 8.11. The summed E-state index contributed by atoms with van der Waals surface area (Å²) in [4.78, 5) is 2.81. The van der Waals surface area contributed by atoms with Crippen molar-refractivity contribution >= 4 is 0 Å². The predicted molar refractivity (Wildman–Crippen MR) is 81.0 cm³/mol. The molecule has 2 nitrogen and oxygen atoms in total. The molecule has 0 radical (unpaired) electrons. The quantitative estimate of drug-likeness (QED) is 0.632. The Morgan fingerprint density at radius 3 is 2.33 bits per heavy atom. The maximum atomic E-state index is 3.46. The molecule has 108 valence electrons. The summed E-state index contributed by atoms with van der Waals surface area (Å²) in [5, 5.41) is 3.46. The van der Waals surface area contributed by atoms with Gasteiger partial charge in [-0.3, -0.25) is 4.90 Å². The van der Waals surface area contributed by atoms with Crippen LogP contribution < -0.4 is 5.32 Å². The maximum absolute atomic E-state index is 3.46. The highest BCUT2D eigenvalue weighted by atomic mass is 15.2. The molecule has 1 aliphatic carbocycles.